The molecule has 4 aliphatic rings. The molecule has 4 aliphatic heterocycles. The number of ether oxygens (including phenoxy) is 5. The number of aromatic nitrogens is 2. The second-order valence-corrected chi connectivity index (χ2v) is 16.0. The van der Waals surface area contributed by atoms with Crippen LogP contribution in [0.4, 0.5) is 28.2 Å². The van der Waals surface area contributed by atoms with Crippen molar-refractivity contribution < 1.29 is 46.0 Å². The van der Waals surface area contributed by atoms with Gasteiger partial charge in [-0.3, -0.25) is 9.80 Å². The van der Waals surface area contributed by atoms with Crippen molar-refractivity contribution in [3.8, 4) is 28.6 Å². The van der Waals surface area contributed by atoms with E-state index in [1.807, 2.05) is 4.90 Å². The predicted molar refractivity (Wildman–Crippen MR) is 197 cm³/mol. The highest BCUT2D eigenvalue weighted by molar-refractivity contribution is 6.04. The maximum atomic E-state index is 17.5. The summed E-state index contributed by atoms with van der Waals surface area (Å²) in [6.07, 6.45) is 1.81. The number of rotatable bonds is 9. The number of carbonyl (C=O) groups is 1. The summed E-state index contributed by atoms with van der Waals surface area (Å²) >= 11 is 0. The number of benzene rings is 3. The van der Waals surface area contributed by atoms with E-state index in [9.17, 15) is 9.18 Å². The van der Waals surface area contributed by atoms with E-state index in [-0.39, 0.29) is 84.5 Å². The first-order valence-corrected chi connectivity index (χ1v) is 18.7. The van der Waals surface area contributed by atoms with Crippen molar-refractivity contribution in [3.63, 3.8) is 0 Å². The molecule has 8 rings (SSSR count). The fourth-order valence-corrected chi connectivity index (χ4v) is 9.06. The Morgan fingerprint density at radius 2 is 1.75 bits per heavy atom. The Balaban J connectivity index is 1.29. The SMILES string of the molecule is COCOc1cc(-c2c(OC)c(F)c3c(N4CC5CCC(C4)N5C(=O)OC(C)(C)C)nc(OC[C@@]45CCCN4C[C@H](F)C5)nc3c2F)c2c(F)cccc2c1. The Morgan fingerprint density at radius 3 is 2.45 bits per heavy atom. The maximum absolute atomic E-state index is 17.5. The molecule has 4 atom stereocenters. The van der Waals surface area contributed by atoms with Gasteiger partial charge in [-0.25, -0.2) is 22.4 Å². The third-order valence-corrected chi connectivity index (χ3v) is 11.3. The predicted octanol–water partition coefficient (Wildman–Crippen LogP) is 7.40. The summed E-state index contributed by atoms with van der Waals surface area (Å²) in [5.74, 6) is -2.80. The van der Waals surface area contributed by atoms with Crippen LogP contribution in [0, 0.1) is 17.5 Å². The van der Waals surface area contributed by atoms with Gasteiger partial charge in [0, 0.05) is 44.1 Å². The van der Waals surface area contributed by atoms with Gasteiger partial charge in [-0.1, -0.05) is 12.1 Å². The Bertz CT molecular complexity index is 2140. The number of nitrogens with zero attached hydrogens (tertiary/aromatic N) is 5. The Hall–Kier alpha value is -4.63. The third kappa shape index (κ3) is 6.62. The number of halogens is 4. The van der Waals surface area contributed by atoms with Gasteiger partial charge in [-0.2, -0.15) is 9.97 Å². The van der Waals surface area contributed by atoms with E-state index in [0.717, 1.165) is 13.0 Å². The van der Waals surface area contributed by atoms with E-state index in [4.69, 9.17) is 28.7 Å². The minimum Gasteiger partial charge on any atom is -0.493 e. The molecule has 4 aromatic rings. The van der Waals surface area contributed by atoms with Gasteiger partial charge in [-0.15, -0.1) is 0 Å². The summed E-state index contributed by atoms with van der Waals surface area (Å²) in [5, 5.41) is 0.142. The van der Waals surface area contributed by atoms with Gasteiger partial charge < -0.3 is 28.6 Å². The summed E-state index contributed by atoms with van der Waals surface area (Å²) in [7, 11) is 2.65. The molecule has 3 aromatic carbocycles. The van der Waals surface area contributed by atoms with Gasteiger partial charge >= 0.3 is 12.1 Å². The highest BCUT2D eigenvalue weighted by atomic mass is 19.1. The van der Waals surface area contributed by atoms with Crippen molar-refractivity contribution in [2.24, 2.45) is 0 Å². The second kappa shape index (κ2) is 14.1. The van der Waals surface area contributed by atoms with Crippen LogP contribution >= 0.6 is 0 Å². The van der Waals surface area contributed by atoms with Crippen molar-refractivity contribution in [3.05, 3.63) is 47.8 Å². The van der Waals surface area contributed by atoms with Crippen LogP contribution < -0.4 is 19.1 Å². The van der Waals surface area contributed by atoms with Gasteiger partial charge in [0.05, 0.1) is 35.7 Å². The zero-order chi connectivity index (χ0) is 38.8. The Kier molecular flexibility index (Phi) is 9.59. The average Bonchev–Trinajstić information content (AvgIpc) is 3.76. The van der Waals surface area contributed by atoms with Crippen molar-refractivity contribution >= 4 is 33.6 Å². The van der Waals surface area contributed by atoms with Crippen molar-refractivity contribution in [2.45, 2.75) is 82.3 Å². The number of alkyl halides is 1. The van der Waals surface area contributed by atoms with Crippen molar-refractivity contribution in [1.82, 2.24) is 19.8 Å². The molecule has 2 unspecified atom stereocenters. The van der Waals surface area contributed by atoms with E-state index in [1.165, 1.54) is 32.4 Å². The normalized spacial score (nSPS) is 23.8. The lowest BCUT2D eigenvalue weighted by Gasteiger charge is -2.42. The lowest BCUT2D eigenvalue weighted by atomic mass is 9.94. The molecule has 0 aliphatic carbocycles. The van der Waals surface area contributed by atoms with Crippen LogP contribution in [0.1, 0.15) is 52.9 Å². The van der Waals surface area contributed by atoms with E-state index in [0.29, 0.717) is 31.2 Å². The van der Waals surface area contributed by atoms with Gasteiger partial charge in [0.2, 0.25) is 0 Å². The number of piperazine rings is 1. The average molecular weight is 768 g/mol. The quantitative estimate of drug-likeness (QED) is 0.127. The van der Waals surface area contributed by atoms with E-state index in [1.54, 1.807) is 37.8 Å². The molecule has 4 saturated heterocycles. The molecule has 55 heavy (non-hydrogen) atoms. The summed E-state index contributed by atoms with van der Waals surface area (Å²) in [6.45, 7) is 6.87. The van der Waals surface area contributed by atoms with E-state index >= 15 is 13.2 Å². The van der Waals surface area contributed by atoms with Crippen LogP contribution in [0.2, 0.25) is 0 Å². The van der Waals surface area contributed by atoms with Gasteiger partial charge in [0.25, 0.3) is 0 Å². The summed E-state index contributed by atoms with van der Waals surface area (Å²) < 4.78 is 93.5. The fraction of sp³-hybridized carbons (Fsp3) is 0.525. The monoisotopic (exact) mass is 767 g/mol. The van der Waals surface area contributed by atoms with Crippen molar-refractivity contribution in [1.29, 1.82) is 0 Å². The first-order chi connectivity index (χ1) is 26.3. The third-order valence-electron chi connectivity index (χ3n) is 11.3. The van der Waals surface area contributed by atoms with Crippen LogP contribution in [0.3, 0.4) is 0 Å². The molecular formula is C40H45F4N5O6. The van der Waals surface area contributed by atoms with Gasteiger partial charge in [0.15, 0.2) is 24.2 Å². The minimum absolute atomic E-state index is 0.0197. The van der Waals surface area contributed by atoms with Crippen molar-refractivity contribution in [2.75, 3.05) is 58.7 Å². The van der Waals surface area contributed by atoms with Crippen LogP contribution in [0.25, 0.3) is 32.8 Å². The molecule has 0 radical (unpaired) electrons. The minimum atomic E-state index is -1.01. The van der Waals surface area contributed by atoms with Crippen LogP contribution in [-0.2, 0) is 9.47 Å². The summed E-state index contributed by atoms with van der Waals surface area (Å²) in [4.78, 5) is 28.1. The molecule has 0 spiro atoms. The van der Waals surface area contributed by atoms with Gasteiger partial charge in [-0.05, 0) is 76.6 Å². The molecule has 2 bridgehead atoms. The van der Waals surface area contributed by atoms with E-state index in [2.05, 4.69) is 9.88 Å². The number of fused-ring (bicyclic) bond motifs is 5. The number of hydrogen-bond donors (Lipinski definition) is 0. The molecule has 294 valence electrons. The maximum Gasteiger partial charge on any atom is 0.410 e. The number of anilines is 1. The molecule has 0 saturated carbocycles. The smallest absolute Gasteiger partial charge is 0.410 e. The molecule has 0 N–H and O–H groups in total. The molecule has 15 heteroatoms. The first kappa shape index (κ1) is 37.3. The largest absolute Gasteiger partial charge is 0.493 e. The summed E-state index contributed by atoms with van der Waals surface area (Å²) in [6, 6.07) is 6.58. The highest BCUT2D eigenvalue weighted by Gasteiger charge is 2.50. The first-order valence-electron chi connectivity index (χ1n) is 18.7. The molecule has 4 fully saturated rings. The van der Waals surface area contributed by atoms with Crippen LogP contribution in [-0.4, -0.2) is 109 Å². The van der Waals surface area contributed by atoms with Crippen LogP contribution in [0.15, 0.2) is 30.3 Å². The lowest BCUT2D eigenvalue weighted by Crippen LogP contribution is -2.57. The topological polar surface area (TPSA) is 98.7 Å². The van der Waals surface area contributed by atoms with Gasteiger partial charge in [0.1, 0.15) is 41.3 Å². The highest BCUT2D eigenvalue weighted by Crippen LogP contribution is 2.48. The lowest BCUT2D eigenvalue weighted by molar-refractivity contribution is 0.0122. The molecule has 1 amide bonds. The Labute approximate surface area is 316 Å². The molecule has 5 heterocycles. The summed E-state index contributed by atoms with van der Waals surface area (Å²) in [5.41, 5.74) is -2.06. The number of amides is 1. The number of hydrogen-bond acceptors (Lipinski definition) is 10. The Morgan fingerprint density at radius 1 is 0.982 bits per heavy atom. The zero-order valence-electron chi connectivity index (χ0n) is 31.6. The zero-order valence-corrected chi connectivity index (χ0v) is 31.6. The number of methoxy groups -OCH3 is 2. The molecule has 1 aromatic heterocycles. The van der Waals surface area contributed by atoms with Crippen LogP contribution in [0.5, 0.6) is 17.5 Å². The molecular weight excluding hydrogens is 722 g/mol. The second-order valence-electron chi connectivity index (χ2n) is 16.0. The van der Waals surface area contributed by atoms with E-state index < -0.39 is 52.1 Å². The standard InChI is InChI=1S/C40H45F4N5O6/c1-39(2,3)55-38(50)49-24-10-11-25(49)19-47(18-24)36-31-33(44)35(52-5)30(27-15-26(54-21-51-4)14-22-8-6-9-28(42)29(22)27)32(43)34(31)45-37(46-36)53-20-40-12-7-13-48(40)17-23(41)16-40/h6,8-9,14-15,23-25H,7,10-13,16-21H2,1-5H3/t23-,24?,25?,40+/m1/s1. The number of carbonyl (C=O) groups excluding carboxylic acids is 1. The fourth-order valence-electron chi connectivity index (χ4n) is 9.06. The molecule has 11 nitrogen and oxygen atoms in total.